The Balaban J connectivity index is 4.47. The second-order valence-electron chi connectivity index (χ2n) is 17.4. The van der Waals surface area contributed by atoms with Crippen LogP contribution in [0.3, 0.4) is 0 Å². The van der Waals surface area contributed by atoms with Gasteiger partial charge in [-0.25, -0.2) is 0 Å². The van der Waals surface area contributed by atoms with Crippen molar-refractivity contribution in [3.63, 3.8) is 0 Å². The largest absolute Gasteiger partial charge is 0.462 e. The van der Waals surface area contributed by atoms with Crippen LogP contribution < -0.4 is 0 Å². The molecule has 1 atom stereocenters. The molecule has 0 saturated carbocycles. The van der Waals surface area contributed by atoms with Crippen molar-refractivity contribution in [2.24, 2.45) is 0 Å². The highest BCUT2D eigenvalue weighted by Gasteiger charge is 2.17. The predicted molar refractivity (Wildman–Crippen MR) is 297 cm³/mol. The fourth-order valence-electron chi connectivity index (χ4n) is 6.84. The third-order valence-corrected chi connectivity index (χ3v) is 10.8. The van der Waals surface area contributed by atoms with Crippen molar-refractivity contribution in [2.45, 2.75) is 219 Å². The molecular weight excluding hydrogens is 837 g/mol. The Morgan fingerprint density at radius 1 is 0.338 bits per heavy atom. The fourth-order valence-corrected chi connectivity index (χ4v) is 6.84. The van der Waals surface area contributed by atoms with Gasteiger partial charge in [0.1, 0.15) is 6.61 Å². The molecule has 0 heterocycles. The molecule has 0 fully saturated rings. The zero-order valence-electron chi connectivity index (χ0n) is 43.8. The minimum atomic E-state index is -0.598. The van der Waals surface area contributed by atoms with E-state index in [-0.39, 0.29) is 25.2 Å². The van der Waals surface area contributed by atoms with Crippen LogP contribution in [0.5, 0.6) is 0 Å². The zero-order valence-corrected chi connectivity index (χ0v) is 43.8. The Bertz CT molecular complexity index is 1480. The molecule has 0 aromatic heterocycles. The van der Waals surface area contributed by atoms with Crippen molar-refractivity contribution < 1.29 is 23.8 Å². The normalized spacial score (nSPS) is 13.4. The monoisotopic (exact) mass is 937 g/mol. The van der Waals surface area contributed by atoms with Crippen molar-refractivity contribution in [2.75, 3.05) is 19.8 Å². The van der Waals surface area contributed by atoms with E-state index < -0.39 is 6.10 Å². The summed E-state index contributed by atoms with van der Waals surface area (Å²) in [6.45, 7) is 7.42. The lowest BCUT2D eigenvalue weighted by Gasteiger charge is -2.18. The topological polar surface area (TPSA) is 61.8 Å². The SMILES string of the molecule is CC/C=C\C/C=C\C/C=C\C/C=C\C/C=C\CCCC(=O)OCC(COCCCCCCCCC/C=C\C/C=C\C/C=C\CCCCC)OC(=O)CCCC/C=C\C/C=C\C/C=C\C/C=C\CC. The first kappa shape index (κ1) is 63.8. The maximum atomic E-state index is 12.8. The van der Waals surface area contributed by atoms with Gasteiger partial charge >= 0.3 is 11.9 Å². The van der Waals surface area contributed by atoms with Crippen LogP contribution in [-0.4, -0.2) is 37.9 Å². The van der Waals surface area contributed by atoms with Crippen LogP contribution in [0.15, 0.2) is 146 Å². The van der Waals surface area contributed by atoms with Crippen LogP contribution in [0.1, 0.15) is 213 Å². The Morgan fingerprint density at radius 3 is 1.10 bits per heavy atom. The summed E-state index contributed by atoms with van der Waals surface area (Å²) in [5.41, 5.74) is 0. The molecule has 0 aliphatic carbocycles. The summed E-state index contributed by atoms with van der Waals surface area (Å²) in [6, 6.07) is 0. The van der Waals surface area contributed by atoms with E-state index in [1.165, 1.54) is 57.8 Å². The van der Waals surface area contributed by atoms with E-state index in [9.17, 15) is 9.59 Å². The van der Waals surface area contributed by atoms with Crippen molar-refractivity contribution in [1.82, 2.24) is 0 Å². The highest BCUT2D eigenvalue weighted by atomic mass is 16.6. The molecule has 5 nitrogen and oxygen atoms in total. The Kier molecular flexibility index (Phi) is 53.6. The third kappa shape index (κ3) is 54.4. The van der Waals surface area contributed by atoms with Crippen LogP contribution >= 0.6 is 0 Å². The van der Waals surface area contributed by atoms with Crippen LogP contribution in [0, 0.1) is 0 Å². The molecule has 1 unspecified atom stereocenters. The quantitative estimate of drug-likeness (QED) is 0.0346. The van der Waals surface area contributed by atoms with Crippen LogP contribution in [0.25, 0.3) is 0 Å². The molecule has 68 heavy (non-hydrogen) atoms. The number of hydrogen-bond acceptors (Lipinski definition) is 5. The molecule has 0 aliphatic rings. The smallest absolute Gasteiger partial charge is 0.306 e. The molecule has 0 aliphatic heterocycles. The van der Waals surface area contributed by atoms with E-state index in [0.29, 0.717) is 19.4 Å². The molecule has 0 aromatic rings. The average molecular weight is 937 g/mol. The van der Waals surface area contributed by atoms with Crippen molar-refractivity contribution >= 4 is 11.9 Å². The first-order valence-corrected chi connectivity index (χ1v) is 27.4. The van der Waals surface area contributed by atoms with Gasteiger partial charge in [0, 0.05) is 19.4 Å². The van der Waals surface area contributed by atoms with Gasteiger partial charge in [-0.3, -0.25) is 9.59 Å². The van der Waals surface area contributed by atoms with Crippen LogP contribution in [-0.2, 0) is 23.8 Å². The van der Waals surface area contributed by atoms with E-state index >= 15 is 0 Å². The zero-order chi connectivity index (χ0) is 49.2. The number of carbonyl (C=O) groups is 2. The summed E-state index contributed by atoms with van der Waals surface area (Å²) < 4.78 is 17.3. The van der Waals surface area contributed by atoms with Crippen LogP contribution in [0.4, 0.5) is 0 Å². The predicted octanol–water partition coefficient (Wildman–Crippen LogP) is 18.9. The maximum absolute atomic E-state index is 12.8. The van der Waals surface area contributed by atoms with Gasteiger partial charge in [0.05, 0.1) is 6.61 Å². The van der Waals surface area contributed by atoms with Crippen molar-refractivity contribution in [3.05, 3.63) is 146 Å². The fraction of sp³-hybridized carbons (Fsp3) is 0.587. The van der Waals surface area contributed by atoms with E-state index in [1.54, 1.807) is 0 Å². The van der Waals surface area contributed by atoms with Gasteiger partial charge in [0.2, 0.25) is 0 Å². The summed E-state index contributed by atoms with van der Waals surface area (Å²) in [4.78, 5) is 25.4. The summed E-state index contributed by atoms with van der Waals surface area (Å²) in [5.74, 6) is -0.529. The molecule has 0 N–H and O–H groups in total. The molecule has 0 saturated heterocycles. The molecule has 382 valence electrons. The van der Waals surface area contributed by atoms with E-state index in [1.807, 2.05) is 0 Å². The second-order valence-corrected chi connectivity index (χ2v) is 17.4. The summed E-state index contributed by atoms with van der Waals surface area (Å²) >= 11 is 0. The molecule has 0 amide bonds. The van der Waals surface area contributed by atoms with Crippen molar-refractivity contribution in [3.8, 4) is 0 Å². The lowest BCUT2D eigenvalue weighted by molar-refractivity contribution is -0.162. The number of hydrogen-bond donors (Lipinski definition) is 0. The Morgan fingerprint density at radius 2 is 0.676 bits per heavy atom. The average Bonchev–Trinajstić information content (AvgIpc) is 3.34. The first-order valence-electron chi connectivity index (χ1n) is 27.4. The lowest BCUT2D eigenvalue weighted by Crippen LogP contribution is -2.30. The molecule has 0 aromatic carbocycles. The molecular formula is C63H100O5. The van der Waals surface area contributed by atoms with Crippen molar-refractivity contribution in [1.29, 1.82) is 0 Å². The third-order valence-electron chi connectivity index (χ3n) is 10.8. The summed E-state index contributed by atoms with van der Waals surface area (Å²) in [6.07, 6.45) is 83.0. The van der Waals surface area contributed by atoms with E-state index in [2.05, 4.69) is 167 Å². The summed E-state index contributed by atoms with van der Waals surface area (Å²) in [5, 5.41) is 0. The van der Waals surface area contributed by atoms with Gasteiger partial charge in [0.15, 0.2) is 6.10 Å². The molecule has 5 heteroatoms. The van der Waals surface area contributed by atoms with Gasteiger partial charge < -0.3 is 14.2 Å². The van der Waals surface area contributed by atoms with E-state index in [0.717, 1.165) is 122 Å². The molecule has 0 bridgehead atoms. The molecule has 0 spiro atoms. The minimum Gasteiger partial charge on any atom is -0.462 e. The number of rotatable bonds is 48. The Hall–Kier alpha value is -4.22. The first-order chi connectivity index (χ1) is 33.6. The number of carbonyl (C=O) groups excluding carboxylic acids is 2. The second kappa shape index (κ2) is 57.1. The standard InChI is InChI=1S/C63H100O5/c1-4-7-10-13-16-19-22-25-28-30-31-32-34-37-40-43-46-49-52-55-58-66-59-61(68-63(65)57-54-51-48-45-42-39-35-27-24-21-18-15-12-9-6-3)60-67-62(64)56-53-50-47-44-41-38-36-33-29-26-23-20-17-14-11-8-5-2/h8-9,11-12,16-21,25-29,31-32,35-36,38,42,44-45,47,61H,4-7,10,13-15,22-24,30,33-34,37,39-41,43,46,48-60H2,1-3H3/b11-8-,12-9-,19-16-,20-17-,21-18-,28-25-,29-26-,32-31-,35-27-,38-36-,45-42-,47-44-. The Labute approximate surface area is 419 Å². The van der Waals surface area contributed by atoms with Gasteiger partial charge in [-0.15, -0.1) is 0 Å². The number of esters is 2. The molecule has 0 radical (unpaired) electrons. The summed E-state index contributed by atoms with van der Waals surface area (Å²) in [7, 11) is 0. The van der Waals surface area contributed by atoms with Gasteiger partial charge in [-0.2, -0.15) is 0 Å². The van der Waals surface area contributed by atoms with Gasteiger partial charge in [0.25, 0.3) is 0 Å². The number of allylic oxidation sites excluding steroid dienone is 24. The minimum absolute atomic E-state index is 0.0247. The highest BCUT2D eigenvalue weighted by Crippen LogP contribution is 2.11. The molecule has 0 rings (SSSR count). The maximum Gasteiger partial charge on any atom is 0.306 e. The van der Waals surface area contributed by atoms with Gasteiger partial charge in [-0.05, 0) is 135 Å². The van der Waals surface area contributed by atoms with E-state index in [4.69, 9.17) is 14.2 Å². The highest BCUT2D eigenvalue weighted by molar-refractivity contribution is 5.70. The lowest BCUT2D eigenvalue weighted by atomic mass is 10.1. The van der Waals surface area contributed by atoms with Gasteiger partial charge in [-0.1, -0.05) is 212 Å². The number of ether oxygens (including phenoxy) is 3. The van der Waals surface area contributed by atoms with Crippen LogP contribution in [0.2, 0.25) is 0 Å². The number of unbranched alkanes of at least 4 members (excludes halogenated alkanes) is 13.